The normalized spacial score (nSPS) is 14.2. The van der Waals surface area contributed by atoms with E-state index < -0.39 is 0 Å². The van der Waals surface area contributed by atoms with Crippen LogP contribution in [-0.2, 0) is 13.6 Å². The first-order valence-corrected chi connectivity index (χ1v) is 5.01. The highest BCUT2D eigenvalue weighted by Gasteiger charge is 2.17. The molecule has 0 aliphatic carbocycles. The molecule has 0 atom stereocenters. The molecule has 1 aliphatic rings. The molecule has 3 N–H and O–H groups in total. The Morgan fingerprint density at radius 3 is 3.12 bits per heavy atom. The summed E-state index contributed by atoms with van der Waals surface area (Å²) in [5.41, 5.74) is 6.57. The zero-order valence-corrected chi connectivity index (χ0v) is 8.88. The summed E-state index contributed by atoms with van der Waals surface area (Å²) in [5, 5.41) is 2.96. The van der Waals surface area contributed by atoms with Crippen molar-refractivity contribution in [2.24, 2.45) is 17.8 Å². The minimum absolute atomic E-state index is 0.434. The molecule has 0 unspecified atom stereocenters. The molecule has 6 nitrogen and oxygen atoms in total. The Morgan fingerprint density at radius 2 is 2.38 bits per heavy atom. The summed E-state index contributed by atoms with van der Waals surface area (Å²) in [4.78, 5) is 8.59. The summed E-state index contributed by atoms with van der Waals surface area (Å²) in [6.07, 6.45) is 3.75. The first-order valence-electron chi connectivity index (χ1n) is 5.01. The molecule has 3 rings (SSSR count). The third-order valence-corrected chi connectivity index (χ3v) is 2.64. The second kappa shape index (κ2) is 3.13. The molecule has 0 spiro atoms. The third-order valence-electron chi connectivity index (χ3n) is 2.64. The van der Waals surface area contributed by atoms with Crippen LogP contribution in [0, 0.1) is 0 Å². The van der Waals surface area contributed by atoms with Gasteiger partial charge in [0.2, 0.25) is 0 Å². The second-order valence-corrected chi connectivity index (χ2v) is 3.71. The van der Waals surface area contributed by atoms with E-state index in [0.717, 1.165) is 17.3 Å². The number of nitrogens with one attached hydrogen (secondary N) is 1. The summed E-state index contributed by atoms with van der Waals surface area (Å²) in [6, 6.07) is 3.99. The van der Waals surface area contributed by atoms with Crippen molar-refractivity contribution in [1.29, 1.82) is 0 Å². The van der Waals surface area contributed by atoms with Crippen LogP contribution in [0.15, 0.2) is 29.6 Å². The topological polar surface area (TPSA) is 73.2 Å². The number of hydrogen-bond acceptors (Lipinski definition) is 4. The number of nitrogens with two attached hydrogens (primary N) is 1. The third kappa shape index (κ3) is 1.19. The SMILES string of the molecule is Cn1cccc1-n1cnc2c1N=C(N)NC2. The van der Waals surface area contributed by atoms with Gasteiger partial charge in [-0.2, -0.15) is 4.99 Å². The van der Waals surface area contributed by atoms with Gasteiger partial charge in [-0.15, -0.1) is 0 Å². The van der Waals surface area contributed by atoms with Crippen molar-refractivity contribution in [2.45, 2.75) is 6.54 Å². The van der Waals surface area contributed by atoms with E-state index in [4.69, 9.17) is 5.73 Å². The van der Waals surface area contributed by atoms with Gasteiger partial charge >= 0.3 is 0 Å². The molecule has 0 amide bonds. The van der Waals surface area contributed by atoms with Gasteiger partial charge in [-0.3, -0.25) is 4.57 Å². The van der Waals surface area contributed by atoms with E-state index in [1.165, 1.54) is 0 Å². The van der Waals surface area contributed by atoms with Crippen LogP contribution in [0.3, 0.4) is 0 Å². The highest BCUT2D eigenvalue weighted by molar-refractivity contribution is 5.82. The van der Waals surface area contributed by atoms with Gasteiger partial charge in [0, 0.05) is 13.2 Å². The fraction of sp³-hybridized carbons (Fsp3) is 0.200. The number of rotatable bonds is 1. The molecular weight excluding hydrogens is 204 g/mol. The number of aromatic nitrogens is 3. The summed E-state index contributed by atoms with van der Waals surface area (Å²) >= 11 is 0. The average molecular weight is 216 g/mol. The molecule has 16 heavy (non-hydrogen) atoms. The lowest BCUT2D eigenvalue weighted by Crippen LogP contribution is -2.33. The van der Waals surface area contributed by atoms with Crippen molar-refractivity contribution in [3.05, 3.63) is 30.4 Å². The van der Waals surface area contributed by atoms with E-state index in [1.54, 1.807) is 6.33 Å². The van der Waals surface area contributed by atoms with Crippen molar-refractivity contribution >= 4 is 11.8 Å². The van der Waals surface area contributed by atoms with Crippen LogP contribution >= 0.6 is 0 Å². The molecule has 82 valence electrons. The monoisotopic (exact) mass is 216 g/mol. The molecular formula is C10H12N6. The largest absolute Gasteiger partial charge is 0.370 e. The van der Waals surface area contributed by atoms with Crippen LogP contribution in [-0.4, -0.2) is 20.1 Å². The first kappa shape index (κ1) is 9.02. The summed E-state index contributed by atoms with van der Waals surface area (Å²) < 4.78 is 3.94. The summed E-state index contributed by atoms with van der Waals surface area (Å²) in [7, 11) is 1.98. The minimum atomic E-state index is 0.434. The molecule has 2 aromatic heterocycles. The van der Waals surface area contributed by atoms with Crippen molar-refractivity contribution in [2.75, 3.05) is 0 Å². The van der Waals surface area contributed by atoms with Crippen molar-refractivity contribution in [3.8, 4) is 5.82 Å². The smallest absolute Gasteiger partial charge is 0.195 e. The summed E-state index contributed by atoms with van der Waals surface area (Å²) in [6.45, 7) is 0.627. The van der Waals surface area contributed by atoms with Crippen LogP contribution in [0.5, 0.6) is 0 Å². The Kier molecular flexibility index (Phi) is 1.76. The van der Waals surface area contributed by atoms with Crippen LogP contribution in [0.4, 0.5) is 5.82 Å². The van der Waals surface area contributed by atoms with E-state index in [1.807, 2.05) is 34.5 Å². The quantitative estimate of drug-likeness (QED) is 0.718. The highest BCUT2D eigenvalue weighted by Crippen LogP contribution is 2.24. The number of aryl methyl sites for hydroxylation is 1. The molecule has 3 heterocycles. The predicted molar refractivity (Wildman–Crippen MR) is 60.7 cm³/mol. The molecule has 0 bridgehead atoms. The van der Waals surface area contributed by atoms with Crippen LogP contribution in [0.1, 0.15) is 5.69 Å². The predicted octanol–water partition coefficient (Wildman–Crippen LogP) is 0.260. The Balaban J connectivity index is 2.18. The Bertz CT molecular complexity index is 562. The minimum Gasteiger partial charge on any atom is -0.370 e. The number of fused-ring (bicyclic) bond motifs is 1. The molecule has 2 aromatic rings. The van der Waals surface area contributed by atoms with Gasteiger partial charge in [0.15, 0.2) is 11.8 Å². The van der Waals surface area contributed by atoms with Gasteiger partial charge in [-0.05, 0) is 12.1 Å². The zero-order valence-electron chi connectivity index (χ0n) is 8.88. The number of aliphatic imine (C=N–C) groups is 1. The van der Waals surface area contributed by atoms with Crippen LogP contribution < -0.4 is 11.1 Å². The number of hydrogen-bond donors (Lipinski definition) is 2. The first-order chi connectivity index (χ1) is 7.75. The van der Waals surface area contributed by atoms with Crippen LogP contribution in [0.25, 0.3) is 5.82 Å². The highest BCUT2D eigenvalue weighted by atomic mass is 15.3. The standard InChI is InChI=1S/C10H12N6/c1-15-4-2-3-8(15)16-6-13-7-5-12-10(11)14-9(7)16/h2-4,6H,5H2,1H3,(H3,11,12,14). The lowest BCUT2D eigenvalue weighted by molar-refractivity contribution is 0.827. The van der Waals surface area contributed by atoms with Crippen molar-refractivity contribution in [3.63, 3.8) is 0 Å². The molecule has 0 saturated heterocycles. The van der Waals surface area contributed by atoms with Gasteiger partial charge in [0.25, 0.3) is 0 Å². The zero-order chi connectivity index (χ0) is 11.1. The van der Waals surface area contributed by atoms with Crippen LogP contribution in [0.2, 0.25) is 0 Å². The van der Waals surface area contributed by atoms with Gasteiger partial charge in [0.05, 0.1) is 6.54 Å². The molecule has 0 aromatic carbocycles. The van der Waals surface area contributed by atoms with E-state index in [2.05, 4.69) is 15.3 Å². The van der Waals surface area contributed by atoms with Crippen molar-refractivity contribution in [1.82, 2.24) is 19.4 Å². The maximum Gasteiger partial charge on any atom is 0.195 e. The maximum absolute atomic E-state index is 5.66. The van der Waals surface area contributed by atoms with Gasteiger partial charge < -0.3 is 15.6 Å². The molecule has 0 fully saturated rings. The molecule has 1 aliphatic heterocycles. The lowest BCUT2D eigenvalue weighted by atomic mass is 10.4. The average Bonchev–Trinajstić information content (AvgIpc) is 2.83. The maximum atomic E-state index is 5.66. The molecule has 0 saturated carbocycles. The number of imidazole rings is 1. The van der Waals surface area contributed by atoms with Gasteiger partial charge in [0.1, 0.15) is 17.8 Å². The fourth-order valence-corrected chi connectivity index (χ4v) is 1.82. The number of nitrogens with zero attached hydrogens (tertiary/aromatic N) is 4. The lowest BCUT2D eigenvalue weighted by Gasteiger charge is -2.13. The second-order valence-electron chi connectivity index (χ2n) is 3.71. The Hall–Kier alpha value is -2.24. The number of guanidine groups is 1. The molecule has 0 radical (unpaired) electrons. The van der Waals surface area contributed by atoms with E-state index in [-0.39, 0.29) is 0 Å². The van der Waals surface area contributed by atoms with Crippen molar-refractivity contribution < 1.29 is 0 Å². The molecule has 6 heteroatoms. The van der Waals surface area contributed by atoms with E-state index in [0.29, 0.717) is 12.5 Å². The summed E-state index contributed by atoms with van der Waals surface area (Å²) in [5.74, 6) is 2.26. The van der Waals surface area contributed by atoms with E-state index in [9.17, 15) is 0 Å². The van der Waals surface area contributed by atoms with Gasteiger partial charge in [-0.25, -0.2) is 4.98 Å². The Labute approximate surface area is 92.4 Å². The fourth-order valence-electron chi connectivity index (χ4n) is 1.82. The van der Waals surface area contributed by atoms with E-state index >= 15 is 0 Å². The van der Waals surface area contributed by atoms with Gasteiger partial charge in [-0.1, -0.05) is 0 Å². The Morgan fingerprint density at radius 1 is 1.50 bits per heavy atom.